The molecule has 0 spiro atoms. The minimum atomic E-state index is -3.01. The summed E-state index contributed by atoms with van der Waals surface area (Å²) in [5.74, 6) is 0.259. The second-order valence-corrected chi connectivity index (χ2v) is 8.08. The molecule has 0 saturated carbocycles. The van der Waals surface area contributed by atoms with Gasteiger partial charge in [-0.15, -0.1) is 0 Å². The van der Waals surface area contributed by atoms with Gasteiger partial charge in [-0.2, -0.15) is 0 Å². The number of rotatable bonds is 6. The summed E-state index contributed by atoms with van der Waals surface area (Å²) in [5, 5.41) is -0.302. The highest BCUT2D eigenvalue weighted by Crippen LogP contribution is 2.25. The summed E-state index contributed by atoms with van der Waals surface area (Å²) in [6, 6.07) is 0. The summed E-state index contributed by atoms with van der Waals surface area (Å²) in [4.78, 5) is 0. The molecule has 1 aliphatic rings. The standard InChI is InChI=1S/C12H25NO3S/c1-10-11(5-7-16-10)17(14,15)8-4-6-12(2,3)9-13/h10-11H,4-9,13H2,1-3H3. The van der Waals surface area contributed by atoms with E-state index in [1.54, 1.807) is 0 Å². The molecule has 1 saturated heterocycles. The van der Waals surface area contributed by atoms with Crippen LogP contribution in [-0.2, 0) is 14.6 Å². The highest BCUT2D eigenvalue weighted by molar-refractivity contribution is 7.92. The van der Waals surface area contributed by atoms with Crippen molar-refractivity contribution < 1.29 is 13.2 Å². The van der Waals surface area contributed by atoms with Gasteiger partial charge in [-0.25, -0.2) is 8.42 Å². The summed E-state index contributed by atoms with van der Waals surface area (Å²) in [6.07, 6.45) is 2.03. The third-order valence-electron chi connectivity index (χ3n) is 3.60. The maximum atomic E-state index is 12.1. The van der Waals surface area contributed by atoms with Crippen LogP contribution in [0.3, 0.4) is 0 Å². The van der Waals surface area contributed by atoms with Crippen LogP contribution in [0.2, 0.25) is 0 Å². The Bertz CT molecular complexity index is 338. The van der Waals surface area contributed by atoms with Crippen LogP contribution in [0.15, 0.2) is 0 Å². The van der Waals surface area contributed by atoms with Gasteiger partial charge in [-0.1, -0.05) is 13.8 Å². The van der Waals surface area contributed by atoms with E-state index in [2.05, 4.69) is 13.8 Å². The molecule has 2 N–H and O–H groups in total. The zero-order valence-electron chi connectivity index (χ0n) is 11.1. The average Bonchev–Trinajstić information content (AvgIpc) is 2.64. The first-order chi connectivity index (χ1) is 7.78. The minimum absolute atomic E-state index is 0.0350. The topological polar surface area (TPSA) is 69.4 Å². The van der Waals surface area contributed by atoms with Crippen LogP contribution in [0.1, 0.15) is 40.0 Å². The van der Waals surface area contributed by atoms with Crippen LogP contribution < -0.4 is 5.73 Å². The van der Waals surface area contributed by atoms with Crippen LogP contribution >= 0.6 is 0 Å². The van der Waals surface area contributed by atoms with Crippen molar-refractivity contribution in [1.29, 1.82) is 0 Å². The fraction of sp³-hybridized carbons (Fsp3) is 1.00. The van der Waals surface area contributed by atoms with Crippen LogP contribution in [-0.4, -0.2) is 38.7 Å². The molecule has 2 atom stereocenters. The smallest absolute Gasteiger partial charge is 0.155 e. The Balaban J connectivity index is 2.45. The van der Waals surface area contributed by atoms with Crippen molar-refractivity contribution in [3.63, 3.8) is 0 Å². The molecule has 0 bridgehead atoms. The predicted octanol–water partition coefficient (Wildman–Crippen LogP) is 1.34. The summed E-state index contributed by atoms with van der Waals surface area (Å²) in [6.45, 7) is 7.15. The molecule has 0 aromatic carbocycles. The van der Waals surface area contributed by atoms with E-state index in [-0.39, 0.29) is 22.5 Å². The van der Waals surface area contributed by atoms with Gasteiger partial charge in [0, 0.05) is 6.61 Å². The van der Waals surface area contributed by atoms with Crippen molar-refractivity contribution in [2.75, 3.05) is 18.9 Å². The van der Waals surface area contributed by atoms with Crippen molar-refractivity contribution in [3.8, 4) is 0 Å². The Labute approximate surface area is 105 Å². The normalized spacial score (nSPS) is 26.4. The lowest BCUT2D eigenvalue weighted by atomic mass is 9.88. The van der Waals surface area contributed by atoms with Gasteiger partial charge in [0.05, 0.1) is 17.1 Å². The molecule has 1 fully saturated rings. The Morgan fingerprint density at radius 3 is 2.53 bits per heavy atom. The molecular weight excluding hydrogens is 238 g/mol. The first-order valence-electron chi connectivity index (χ1n) is 6.32. The number of nitrogens with two attached hydrogens (primary N) is 1. The molecule has 4 nitrogen and oxygen atoms in total. The third kappa shape index (κ3) is 4.23. The monoisotopic (exact) mass is 263 g/mol. The van der Waals surface area contributed by atoms with Gasteiger partial charge >= 0.3 is 0 Å². The van der Waals surface area contributed by atoms with E-state index in [0.717, 1.165) is 6.42 Å². The van der Waals surface area contributed by atoms with Crippen molar-refractivity contribution >= 4 is 9.84 Å². The zero-order valence-corrected chi connectivity index (χ0v) is 11.9. The molecule has 17 heavy (non-hydrogen) atoms. The van der Waals surface area contributed by atoms with Crippen molar-refractivity contribution in [2.24, 2.45) is 11.1 Å². The molecular formula is C12H25NO3S. The van der Waals surface area contributed by atoms with Gasteiger partial charge in [0.25, 0.3) is 0 Å². The van der Waals surface area contributed by atoms with Gasteiger partial charge in [-0.05, 0) is 38.1 Å². The SMILES string of the molecule is CC1OCCC1S(=O)(=O)CCCC(C)(C)CN. The Hall–Kier alpha value is -0.130. The molecule has 5 heteroatoms. The third-order valence-corrected chi connectivity index (χ3v) is 6.00. The average molecular weight is 263 g/mol. The highest BCUT2D eigenvalue weighted by Gasteiger charge is 2.35. The van der Waals surface area contributed by atoms with E-state index in [0.29, 0.717) is 26.0 Å². The first kappa shape index (κ1) is 14.9. The molecule has 1 aliphatic heterocycles. The Morgan fingerprint density at radius 2 is 2.06 bits per heavy atom. The molecule has 0 amide bonds. The Kier molecular flexibility index (Phi) is 4.98. The van der Waals surface area contributed by atoms with Gasteiger partial charge in [0.15, 0.2) is 9.84 Å². The lowest BCUT2D eigenvalue weighted by molar-refractivity contribution is 0.126. The molecule has 0 aromatic rings. The van der Waals surface area contributed by atoms with E-state index in [1.807, 2.05) is 6.92 Å². The van der Waals surface area contributed by atoms with E-state index >= 15 is 0 Å². The second kappa shape index (κ2) is 5.67. The maximum Gasteiger partial charge on any atom is 0.155 e. The zero-order chi connectivity index (χ0) is 13.1. The first-order valence-corrected chi connectivity index (χ1v) is 8.03. The van der Waals surface area contributed by atoms with Gasteiger partial charge in [0.2, 0.25) is 0 Å². The molecule has 0 aromatic heterocycles. The van der Waals surface area contributed by atoms with Gasteiger partial charge in [0.1, 0.15) is 0 Å². The summed E-state index contributed by atoms with van der Waals surface area (Å²) in [5.41, 5.74) is 5.67. The number of ether oxygens (including phenoxy) is 1. The van der Waals surface area contributed by atoms with Crippen molar-refractivity contribution in [3.05, 3.63) is 0 Å². The maximum absolute atomic E-state index is 12.1. The van der Waals surface area contributed by atoms with Gasteiger partial charge in [-0.3, -0.25) is 0 Å². The van der Waals surface area contributed by atoms with Crippen LogP contribution in [0.25, 0.3) is 0 Å². The molecule has 0 radical (unpaired) electrons. The number of hydrogen-bond acceptors (Lipinski definition) is 4. The predicted molar refractivity (Wildman–Crippen MR) is 69.7 cm³/mol. The fourth-order valence-electron chi connectivity index (χ4n) is 2.19. The van der Waals surface area contributed by atoms with E-state index < -0.39 is 9.84 Å². The molecule has 2 unspecified atom stereocenters. The van der Waals surface area contributed by atoms with Gasteiger partial charge < -0.3 is 10.5 Å². The van der Waals surface area contributed by atoms with Crippen LogP contribution in [0, 0.1) is 5.41 Å². The van der Waals surface area contributed by atoms with Crippen molar-refractivity contribution in [1.82, 2.24) is 0 Å². The summed E-state index contributed by atoms with van der Waals surface area (Å²) < 4.78 is 29.5. The van der Waals surface area contributed by atoms with E-state index in [1.165, 1.54) is 0 Å². The quantitative estimate of drug-likeness (QED) is 0.785. The minimum Gasteiger partial charge on any atom is -0.377 e. The Morgan fingerprint density at radius 1 is 1.41 bits per heavy atom. The number of hydrogen-bond donors (Lipinski definition) is 1. The number of sulfone groups is 1. The largest absolute Gasteiger partial charge is 0.377 e. The lowest BCUT2D eigenvalue weighted by Crippen LogP contribution is -2.31. The van der Waals surface area contributed by atoms with E-state index in [4.69, 9.17) is 10.5 Å². The van der Waals surface area contributed by atoms with Crippen molar-refractivity contribution in [2.45, 2.75) is 51.4 Å². The lowest BCUT2D eigenvalue weighted by Gasteiger charge is -2.22. The molecule has 1 rings (SSSR count). The fourth-order valence-corrected chi connectivity index (χ4v) is 4.16. The second-order valence-electron chi connectivity index (χ2n) is 5.74. The summed E-state index contributed by atoms with van der Waals surface area (Å²) in [7, 11) is -3.01. The van der Waals surface area contributed by atoms with Crippen LogP contribution in [0.5, 0.6) is 0 Å². The summed E-state index contributed by atoms with van der Waals surface area (Å²) >= 11 is 0. The van der Waals surface area contributed by atoms with E-state index in [9.17, 15) is 8.42 Å². The van der Waals surface area contributed by atoms with Crippen LogP contribution in [0.4, 0.5) is 0 Å². The molecule has 102 valence electrons. The molecule has 1 heterocycles. The highest BCUT2D eigenvalue weighted by atomic mass is 32.2. The molecule has 0 aliphatic carbocycles.